The molecule has 0 aromatic heterocycles. The SMILES string of the molecule is CC1=Cc2cc3c(cc2=C1[Si](C)(C)NC(C)(C)C)C=CC=3. The fourth-order valence-electron chi connectivity index (χ4n) is 3.88. The summed E-state index contributed by atoms with van der Waals surface area (Å²) in [5.41, 5.74) is 4.33. The standard InChI is InChI=1S/C19H25NSi/c1-13-10-16-11-14-8-7-9-15(14)12-17(16)18(13)21(5,6)20-19(2,3)4/h7-12,20H,1-6H3. The zero-order valence-electron chi connectivity index (χ0n) is 14.0. The minimum absolute atomic E-state index is 0.149. The molecule has 0 bridgehead atoms. The van der Waals surface area contributed by atoms with E-state index in [1.807, 2.05) is 0 Å². The molecule has 0 saturated carbocycles. The second kappa shape index (κ2) is 4.55. The van der Waals surface area contributed by atoms with Crippen LogP contribution < -0.4 is 15.4 Å². The number of nitrogens with one attached hydrogen (secondary N) is 1. The Morgan fingerprint density at radius 1 is 1.05 bits per heavy atom. The molecule has 0 aliphatic heterocycles. The number of hydrogen-bond donors (Lipinski definition) is 1. The Morgan fingerprint density at radius 2 is 1.76 bits per heavy atom. The molecular weight excluding hydrogens is 270 g/mol. The van der Waals surface area contributed by atoms with Crippen LogP contribution in [-0.4, -0.2) is 13.8 Å². The molecule has 0 atom stereocenters. The van der Waals surface area contributed by atoms with E-state index in [9.17, 15) is 0 Å². The summed E-state index contributed by atoms with van der Waals surface area (Å²) in [6.45, 7) is 13.9. The van der Waals surface area contributed by atoms with Crippen molar-refractivity contribution in [2.24, 2.45) is 0 Å². The van der Waals surface area contributed by atoms with Gasteiger partial charge in [-0.05, 0) is 72.2 Å². The van der Waals surface area contributed by atoms with Gasteiger partial charge >= 0.3 is 0 Å². The average Bonchev–Trinajstić information content (AvgIpc) is 2.83. The monoisotopic (exact) mass is 295 g/mol. The first kappa shape index (κ1) is 14.5. The highest BCUT2D eigenvalue weighted by atomic mass is 28.3. The van der Waals surface area contributed by atoms with E-state index in [4.69, 9.17) is 0 Å². The molecule has 21 heavy (non-hydrogen) atoms. The molecule has 2 heteroatoms. The van der Waals surface area contributed by atoms with Gasteiger partial charge in [-0.3, -0.25) is 0 Å². The molecule has 0 amide bonds. The summed E-state index contributed by atoms with van der Waals surface area (Å²) in [7, 11) is -1.69. The van der Waals surface area contributed by atoms with Crippen LogP contribution in [0.25, 0.3) is 23.4 Å². The third-order valence-corrected chi connectivity index (χ3v) is 7.44. The molecule has 0 heterocycles. The van der Waals surface area contributed by atoms with Gasteiger partial charge in [-0.1, -0.05) is 37.4 Å². The van der Waals surface area contributed by atoms with E-state index in [1.54, 1.807) is 5.20 Å². The van der Waals surface area contributed by atoms with Gasteiger partial charge in [0.1, 0.15) is 0 Å². The van der Waals surface area contributed by atoms with E-state index in [0.29, 0.717) is 0 Å². The van der Waals surface area contributed by atoms with Crippen LogP contribution in [0.15, 0.2) is 23.8 Å². The van der Waals surface area contributed by atoms with E-state index in [2.05, 4.69) is 82.2 Å². The third kappa shape index (κ3) is 2.58. The second-order valence-electron chi connectivity index (χ2n) is 7.80. The Morgan fingerprint density at radius 3 is 2.43 bits per heavy atom. The molecule has 0 spiro atoms. The van der Waals surface area contributed by atoms with Gasteiger partial charge in [-0.25, -0.2) is 0 Å². The first-order valence-electron chi connectivity index (χ1n) is 7.73. The highest BCUT2D eigenvalue weighted by molar-refractivity contribution is 6.92. The van der Waals surface area contributed by atoms with Crippen LogP contribution in [0.1, 0.15) is 38.8 Å². The van der Waals surface area contributed by atoms with Gasteiger partial charge in [0.05, 0.1) is 0 Å². The van der Waals surface area contributed by atoms with Crippen molar-refractivity contribution in [1.29, 1.82) is 0 Å². The predicted molar refractivity (Wildman–Crippen MR) is 96.6 cm³/mol. The highest BCUT2D eigenvalue weighted by Crippen LogP contribution is 2.28. The molecule has 1 aromatic carbocycles. The van der Waals surface area contributed by atoms with Crippen LogP contribution in [0.3, 0.4) is 0 Å². The quantitative estimate of drug-likeness (QED) is 0.826. The number of allylic oxidation sites excluding steroid dienone is 2. The molecule has 1 aromatic rings. The lowest BCUT2D eigenvalue weighted by molar-refractivity contribution is 0.515. The maximum Gasteiger partial charge on any atom is 0.152 e. The maximum atomic E-state index is 3.91. The molecule has 1 N–H and O–H groups in total. The van der Waals surface area contributed by atoms with Crippen LogP contribution in [0.4, 0.5) is 0 Å². The van der Waals surface area contributed by atoms with Crippen LogP contribution in [0, 0.1) is 0 Å². The minimum Gasteiger partial charge on any atom is -0.329 e. The van der Waals surface area contributed by atoms with Crippen molar-refractivity contribution >= 4 is 31.7 Å². The number of fused-ring (bicyclic) bond motifs is 2. The second-order valence-corrected chi connectivity index (χ2v) is 11.8. The highest BCUT2D eigenvalue weighted by Gasteiger charge is 2.33. The van der Waals surface area contributed by atoms with E-state index < -0.39 is 8.24 Å². The Balaban J connectivity index is 2.21. The van der Waals surface area contributed by atoms with Crippen LogP contribution in [0.2, 0.25) is 13.1 Å². The van der Waals surface area contributed by atoms with E-state index in [-0.39, 0.29) is 5.54 Å². The first-order valence-corrected chi connectivity index (χ1v) is 10.7. The predicted octanol–water partition coefficient (Wildman–Crippen LogP) is 3.19. The van der Waals surface area contributed by atoms with Crippen molar-refractivity contribution in [2.45, 2.75) is 46.3 Å². The lowest BCUT2D eigenvalue weighted by atomic mass is 10.1. The van der Waals surface area contributed by atoms with E-state index in [0.717, 1.165) is 0 Å². The molecule has 0 radical (unpaired) electrons. The summed E-state index contributed by atoms with van der Waals surface area (Å²) in [5, 5.41) is 4.36. The van der Waals surface area contributed by atoms with E-state index in [1.165, 1.54) is 27.1 Å². The third-order valence-electron chi connectivity index (χ3n) is 4.15. The molecule has 2 aliphatic carbocycles. The number of hydrogen-bond acceptors (Lipinski definition) is 1. The van der Waals surface area contributed by atoms with Crippen molar-refractivity contribution in [3.8, 4) is 0 Å². The Bertz CT molecular complexity index is 786. The molecule has 110 valence electrons. The van der Waals surface area contributed by atoms with Crippen molar-refractivity contribution in [3.05, 3.63) is 45.3 Å². The minimum atomic E-state index is -1.69. The van der Waals surface area contributed by atoms with Gasteiger partial charge in [-0.15, -0.1) is 0 Å². The zero-order chi connectivity index (χ0) is 15.4. The molecule has 0 unspecified atom stereocenters. The van der Waals surface area contributed by atoms with Crippen molar-refractivity contribution in [1.82, 2.24) is 4.98 Å². The fourth-order valence-corrected chi connectivity index (χ4v) is 7.83. The normalized spacial score (nSPS) is 16.7. The van der Waals surface area contributed by atoms with Crippen molar-refractivity contribution in [3.63, 3.8) is 0 Å². The van der Waals surface area contributed by atoms with Gasteiger partial charge in [0.2, 0.25) is 0 Å². The summed E-state index contributed by atoms with van der Waals surface area (Å²) in [6.07, 6.45) is 8.92. The lowest BCUT2D eigenvalue weighted by Crippen LogP contribution is -2.56. The van der Waals surface area contributed by atoms with Crippen molar-refractivity contribution < 1.29 is 0 Å². The average molecular weight is 296 g/mol. The summed E-state index contributed by atoms with van der Waals surface area (Å²) in [6, 6.07) is 4.72. The molecule has 0 saturated heterocycles. The Kier molecular flexibility index (Phi) is 3.16. The smallest absolute Gasteiger partial charge is 0.152 e. The maximum absolute atomic E-state index is 3.91. The first-order chi connectivity index (χ1) is 9.67. The fraction of sp³-hybridized carbons (Fsp3) is 0.368. The molecule has 3 rings (SSSR count). The van der Waals surface area contributed by atoms with E-state index >= 15 is 0 Å². The van der Waals surface area contributed by atoms with Gasteiger partial charge < -0.3 is 4.98 Å². The number of rotatable bonds is 2. The summed E-state index contributed by atoms with van der Waals surface area (Å²) >= 11 is 0. The molecule has 0 fully saturated rings. The van der Waals surface area contributed by atoms with Crippen molar-refractivity contribution in [2.75, 3.05) is 0 Å². The Hall–Kier alpha value is -1.38. The molecule has 1 nitrogen and oxygen atoms in total. The Labute approximate surface area is 128 Å². The van der Waals surface area contributed by atoms with Crippen LogP contribution in [0.5, 0.6) is 0 Å². The van der Waals surface area contributed by atoms with Gasteiger partial charge in [-0.2, -0.15) is 0 Å². The van der Waals surface area contributed by atoms with Crippen LogP contribution in [-0.2, 0) is 0 Å². The van der Waals surface area contributed by atoms with Gasteiger partial charge in [0, 0.05) is 5.54 Å². The molecular formula is C19H25NSi. The van der Waals surface area contributed by atoms with Gasteiger partial charge in [0.15, 0.2) is 8.24 Å². The zero-order valence-corrected chi connectivity index (χ0v) is 15.0. The van der Waals surface area contributed by atoms with Gasteiger partial charge in [0.25, 0.3) is 0 Å². The summed E-state index contributed by atoms with van der Waals surface area (Å²) in [5.74, 6) is 0. The lowest BCUT2D eigenvalue weighted by Gasteiger charge is -2.35. The molecule has 2 aliphatic rings. The van der Waals surface area contributed by atoms with Crippen LogP contribution >= 0.6 is 0 Å². The topological polar surface area (TPSA) is 12.0 Å². The largest absolute Gasteiger partial charge is 0.329 e. The summed E-state index contributed by atoms with van der Waals surface area (Å²) < 4.78 is 0. The summed E-state index contributed by atoms with van der Waals surface area (Å²) in [4.78, 5) is 3.91. The number of benzene rings is 1.